The van der Waals surface area contributed by atoms with E-state index in [1.165, 1.54) is 13.2 Å². The lowest BCUT2D eigenvalue weighted by Gasteiger charge is -2.13. The molecule has 0 saturated heterocycles. The highest BCUT2D eigenvalue weighted by atomic mass is 16.5. The number of nitrogens with zero attached hydrogens (tertiary/aromatic N) is 1. The van der Waals surface area contributed by atoms with Crippen LogP contribution in [0.3, 0.4) is 0 Å². The minimum atomic E-state index is -0.551. The molecule has 3 rings (SSSR count). The molecule has 0 aliphatic carbocycles. The SMILES string of the molecule is COc1ccc(NC(=O)/C(C#N)=C\c2ccc(OCC(=O)Nc3cc(C)ccc3C)c(OC)c2)cc1. The molecule has 0 spiro atoms. The molecule has 36 heavy (non-hydrogen) atoms. The minimum absolute atomic E-state index is 0.0885. The number of benzene rings is 3. The highest BCUT2D eigenvalue weighted by molar-refractivity contribution is 6.09. The standard InChI is InChI=1S/C28H27N3O5/c1-18-5-6-19(2)24(13-18)31-27(32)17-36-25-12-7-20(15-26(25)35-4)14-21(16-29)28(33)30-22-8-10-23(34-3)11-9-22/h5-15H,17H2,1-4H3,(H,30,33)(H,31,32)/b21-14-. The van der Waals surface area contributed by atoms with Gasteiger partial charge in [0.15, 0.2) is 18.1 Å². The van der Waals surface area contributed by atoms with Crippen molar-refractivity contribution in [1.29, 1.82) is 5.26 Å². The normalized spacial score (nSPS) is 10.7. The third-order valence-corrected chi connectivity index (χ3v) is 5.24. The predicted octanol–water partition coefficient (Wildman–Crippen LogP) is 4.88. The number of carbonyl (C=O) groups excluding carboxylic acids is 2. The van der Waals surface area contributed by atoms with E-state index in [-0.39, 0.29) is 18.1 Å². The Hall–Kier alpha value is -4.77. The van der Waals surface area contributed by atoms with Gasteiger partial charge in [0.25, 0.3) is 11.8 Å². The van der Waals surface area contributed by atoms with Crippen molar-refractivity contribution in [3.63, 3.8) is 0 Å². The van der Waals surface area contributed by atoms with Gasteiger partial charge in [0.1, 0.15) is 17.4 Å². The van der Waals surface area contributed by atoms with Crippen LogP contribution in [0.15, 0.2) is 66.2 Å². The number of nitrogens with one attached hydrogen (secondary N) is 2. The van der Waals surface area contributed by atoms with Crippen molar-refractivity contribution in [2.45, 2.75) is 13.8 Å². The molecule has 0 aliphatic rings. The maximum absolute atomic E-state index is 12.6. The van der Waals surface area contributed by atoms with E-state index >= 15 is 0 Å². The number of anilines is 2. The number of hydrogen-bond donors (Lipinski definition) is 2. The maximum Gasteiger partial charge on any atom is 0.266 e. The van der Waals surface area contributed by atoms with Gasteiger partial charge in [0.2, 0.25) is 0 Å². The van der Waals surface area contributed by atoms with Gasteiger partial charge in [-0.2, -0.15) is 5.26 Å². The maximum atomic E-state index is 12.6. The Morgan fingerprint density at radius 3 is 2.33 bits per heavy atom. The number of rotatable bonds is 9. The molecule has 0 unspecified atom stereocenters. The van der Waals surface area contributed by atoms with Gasteiger partial charge in [0, 0.05) is 11.4 Å². The van der Waals surface area contributed by atoms with Gasteiger partial charge in [-0.25, -0.2) is 0 Å². The topological polar surface area (TPSA) is 110 Å². The minimum Gasteiger partial charge on any atom is -0.497 e. The van der Waals surface area contributed by atoms with Crippen LogP contribution in [0.1, 0.15) is 16.7 Å². The van der Waals surface area contributed by atoms with Crippen LogP contribution in [0.2, 0.25) is 0 Å². The molecule has 8 nitrogen and oxygen atoms in total. The summed E-state index contributed by atoms with van der Waals surface area (Å²) >= 11 is 0. The molecule has 3 aromatic rings. The molecule has 0 bridgehead atoms. The average Bonchev–Trinajstić information content (AvgIpc) is 2.88. The fourth-order valence-corrected chi connectivity index (χ4v) is 3.28. The van der Waals surface area contributed by atoms with E-state index in [4.69, 9.17) is 14.2 Å². The lowest BCUT2D eigenvalue weighted by atomic mass is 10.1. The molecule has 2 N–H and O–H groups in total. The zero-order chi connectivity index (χ0) is 26.1. The first-order valence-corrected chi connectivity index (χ1v) is 11.1. The van der Waals surface area contributed by atoms with E-state index in [0.29, 0.717) is 28.5 Å². The van der Waals surface area contributed by atoms with E-state index in [0.717, 1.165) is 16.8 Å². The van der Waals surface area contributed by atoms with Gasteiger partial charge < -0.3 is 24.8 Å². The largest absolute Gasteiger partial charge is 0.497 e. The number of hydrogen-bond acceptors (Lipinski definition) is 6. The number of aryl methyl sites for hydroxylation is 2. The van der Waals surface area contributed by atoms with Crippen LogP contribution >= 0.6 is 0 Å². The summed E-state index contributed by atoms with van der Waals surface area (Å²) in [5, 5.41) is 15.0. The van der Waals surface area contributed by atoms with Crippen LogP contribution in [0, 0.1) is 25.2 Å². The van der Waals surface area contributed by atoms with E-state index in [2.05, 4.69) is 10.6 Å². The van der Waals surface area contributed by atoms with Crippen molar-refractivity contribution >= 4 is 29.3 Å². The molecule has 0 aliphatic heterocycles. The molecule has 0 radical (unpaired) electrons. The highest BCUT2D eigenvalue weighted by Crippen LogP contribution is 2.29. The third-order valence-electron chi connectivity index (χ3n) is 5.24. The van der Waals surface area contributed by atoms with Crippen molar-refractivity contribution in [2.24, 2.45) is 0 Å². The lowest BCUT2D eigenvalue weighted by molar-refractivity contribution is -0.118. The Balaban J connectivity index is 1.67. The van der Waals surface area contributed by atoms with Crippen LogP contribution < -0.4 is 24.8 Å². The zero-order valence-corrected chi connectivity index (χ0v) is 20.5. The summed E-state index contributed by atoms with van der Waals surface area (Å²) in [6.45, 7) is 3.65. The fourth-order valence-electron chi connectivity index (χ4n) is 3.28. The molecule has 0 aromatic heterocycles. The number of amides is 2. The van der Waals surface area contributed by atoms with E-state index < -0.39 is 5.91 Å². The Labute approximate surface area is 210 Å². The van der Waals surface area contributed by atoms with Crippen LogP contribution in [0.25, 0.3) is 6.08 Å². The number of ether oxygens (including phenoxy) is 3. The second-order valence-electron chi connectivity index (χ2n) is 7.92. The van der Waals surface area contributed by atoms with Crippen molar-refractivity contribution in [3.05, 3.63) is 82.9 Å². The van der Waals surface area contributed by atoms with Gasteiger partial charge in [-0.05, 0) is 79.1 Å². The highest BCUT2D eigenvalue weighted by Gasteiger charge is 2.13. The molecular formula is C28H27N3O5. The Morgan fingerprint density at radius 1 is 0.917 bits per heavy atom. The summed E-state index contributed by atoms with van der Waals surface area (Å²) < 4.78 is 16.1. The van der Waals surface area contributed by atoms with Gasteiger partial charge in [-0.3, -0.25) is 9.59 Å². The van der Waals surface area contributed by atoms with E-state index in [1.807, 2.05) is 38.1 Å². The Morgan fingerprint density at radius 2 is 1.67 bits per heavy atom. The summed E-state index contributed by atoms with van der Waals surface area (Å²) in [6, 6.07) is 19.4. The Bertz CT molecular complexity index is 1320. The monoisotopic (exact) mass is 485 g/mol. The van der Waals surface area contributed by atoms with Gasteiger partial charge in [-0.15, -0.1) is 0 Å². The molecule has 2 amide bonds. The molecular weight excluding hydrogens is 458 g/mol. The van der Waals surface area contributed by atoms with Crippen molar-refractivity contribution in [3.8, 4) is 23.3 Å². The quantitative estimate of drug-likeness (QED) is 0.330. The second kappa shape index (κ2) is 12.1. The molecule has 0 saturated carbocycles. The van der Waals surface area contributed by atoms with Gasteiger partial charge in [0.05, 0.1) is 14.2 Å². The predicted molar refractivity (Wildman–Crippen MR) is 138 cm³/mol. The fraction of sp³-hybridized carbons (Fsp3) is 0.179. The summed E-state index contributed by atoms with van der Waals surface area (Å²) in [5.74, 6) is 0.506. The first-order chi connectivity index (χ1) is 17.3. The van der Waals surface area contributed by atoms with Crippen molar-refractivity contribution in [1.82, 2.24) is 0 Å². The Kier molecular flexibility index (Phi) is 8.68. The number of nitriles is 1. The van der Waals surface area contributed by atoms with Crippen LogP contribution in [-0.4, -0.2) is 32.6 Å². The number of carbonyl (C=O) groups is 2. The second-order valence-corrected chi connectivity index (χ2v) is 7.92. The molecule has 0 fully saturated rings. The first kappa shape index (κ1) is 25.8. The van der Waals surface area contributed by atoms with E-state index in [9.17, 15) is 14.9 Å². The van der Waals surface area contributed by atoms with Gasteiger partial charge in [-0.1, -0.05) is 18.2 Å². The number of methoxy groups -OCH3 is 2. The van der Waals surface area contributed by atoms with E-state index in [1.54, 1.807) is 49.6 Å². The van der Waals surface area contributed by atoms with Crippen LogP contribution in [0.4, 0.5) is 11.4 Å². The summed E-state index contributed by atoms with van der Waals surface area (Å²) in [7, 11) is 3.02. The molecule has 3 aromatic carbocycles. The average molecular weight is 486 g/mol. The van der Waals surface area contributed by atoms with Crippen LogP contribution in [-0.2, 0) is 9.59 Å². The first-order valence-electron chi connectivity index (χ1n) is 11.1. The molecule has 0 heterocycles. The molecule has 8 heteroatoms. The smallest absolute Gasteiger partial charge is 0.266 e. The summed E-state index contributed by atoms with van der Waals surface area (Å²) in [6.07, 6.45) is 1.44. The zero-order valence-electron chi connectivity index (χ0n) is 20.5. The van der Waals surface area contributed by atoms with Crippen molar-refractivity contribution in [2.75, 3.05) is 31.5 Å². The van der Waals surface area contributed by atoms with Crippen LogP contribution in [0.5, 0.6) is 17.2 Å². The molecule has 0 atom stereocenters. The summed E-state index contributed by atoms with van der Waals surface area (Å²) in [4.78, 5) is 24.9. The third kappa shape index (κ3) is 6.87. The lowest BCUT2D eigenvalue weighted by Crippen LogP contribution is -2.20. The van der Waals surface area contributed by atoms with Crippen molar-refractivity contribution < 1.29 is 23.8 Å². The summed E-state index contributed by atoms with van der Waals surface area (Å²) in [5.41, 5.74) is 3.72. The molecule has 184 valence electrons. The van der Waals surface area contributed by atoms with Gasteiger partial charge >= 0.3 is 0 Å².